The molecule has 0 fully saturated rings. The van der Waals surface area contributed by atoms with Gasteiger partial charge in [0.25, 0.3) is 0 Å². The summed E-state index contributed by atoms with van der Waals surface area (Å²) in [5.74, 6) is -1.71. The topological polar surface area (TPSA) is 231 Å². The van der Waals surface area contributed by atoms with Crippen LogP contribution in [0.15, 0.2) is 158 Å². The molecule has 0 spiro atoms. The van der Waals surface area contributed by atoms with Gasteiger partial charge in [-0.2, -0.15) is 0 Å². The van der Waals surface area contributed by atoms with Crippen molar-refractivity contribution < 1.29 is 75.8 Å². The zero-order valence-electron chi connectivity index (χ0n) is 58.5. The van der Waals surface area contributed by atoms with Gasteiger partial charge in [-0.3, -0.25) is 32.5 Å². The fraction of sp³-hybridized carbons (Fsp3) is 0.623. The molecule has 0 aromatic rings. The largest absolute Gasteiger partial charge is 0.472 e. The van der Waals surface area contributed by atoms with Crippen molar-refractivity contribution in [2.75, 3.05) is 39.6 Å². The van der Waals surface area contributed by atoms with Gasteiger partial charge < -0.3 is 34.2 Å². The number of unbranched alkanes of at least 4 members (excludes halogenated alkanes) is 17. The fourth-order valence-electron chi connectivity index (χ4n) is 8.83. The van der Waals surface area contributed by atoms with Crippen LogP contribution in [-0.2, 0) is 55.8 Å². The van der Waals surface area contributed by atoms with Gasteiger partial charge in [0.05, 0.1) is 26.4 Å². The summed E-state index contributed by atoms with van der Waals surface area (Å²) in [5, 5.41) is 20.6. The average Bonchev–Trinajstić information content (AvgIpc) is 2.24. The van der Waals surface area contributed by atoms with E-state index in [4.69, 9.17) is 32.3 Å². The minimum Gasteiger partial charge on any atom is -0.463 e. The Balaban J connectivity index is 4.70. The monoisotopic (exact) mass is 1370 g/mol. The van der Waals surface area contributed by atoms with Crippen LogP contribution in [0.5, 0.6) is 0 Å². The van der Waals surface area contributed by atoms with Gasteiger partial charge in [-0.15, -0.1) is 0 Å². The molecule has 540 valence electrons. The molecule has 5 atom stereocenters. The second-order valence-electron chi connectivity index (χ2n) is 23.3. The van der Waals surface area contributed by atoms with E-state index in [1.54, 1.807) is 0 Å². The van der Waals surface area contributed by atoms with E-state index in [0.29, 0.717) is 25.7 Å². The lowest BCUT2D eigenvalue weighted by atomic mass is 10.1. The molecule has 0 saturated carbocycles. The van der Waals surface area contributed by atoms with Gasteiger partial charge in [-0.05, 0) is 135 Å². The first-order valence-electron chi connectivity index (χ1n) is 35.8. The van der Waals surface area contributed by atoms with Crippen molar-refractivity contribution in [1.29, 1.82) is 0 Å². The Labute approximate surface area is 574 Å². The Morgan fingerprint density at radius 1 is 0.305 bits per heavy atom. The van der Waals surface area contributed by atoms with Crippen molar-refractivity contribution in [3.05, 3.63) is 158 Å². The van der Waals surface area contributed by atoms with Crippen molar-refractivity contribution in [2.45, 2.75) is 270 Å². The van der Waals surface area contributed by atoms with Crippen molar-refractivity contribution in [3.63, 3.8) is 0 Å². The molecule has 0 aliphatic carbocycles. The summed E-state index contributed by atoms with van der Waals surface area (Å²) >= 11 is 0. The van der Waals surface area contributed by atoms with Crippen molar-refractivity contribution in [1.82, 2.24) is 0 Å². The predicted octanol–water partition coefficient (Wildman–Crippen LogP) is 20.3. The normalized spacial score (nSPS) is 15.1. The molecule has 0 saturated heterocycles. The fourth-order valence-corrected chi connectivity index (χ4v) is 10.4. The summed E-state index contributed by atoms with van der Waals surface area (Å²) in [7, 11) is -9.82. The van der Waals surface area contributed by atoms with Gasteiger partial charge in [0, 0.05) is 19.3 Å². The van der Waals surface area contributed by atoms with E-state index in [1.807, 2.05) is 18.2 Å². The van der Waals surface area contributed by atoms with E-state index in [0.717, 1.165) is 148 Å². The van der Waals surface area contributed by atoms with Crippen molar-refractivity contribution in [2.24, 2.45) is 0 Å². The number of allylic oxidation sites excluding steroid dienone is 26. The number of rotatable bonds is 66. The first-order valence-corrected chi connectivity index (χ1v) is 38.8. The van der Waals surface area contributed by atoms with E-state index < -0.39 is 91.5 Å². The Morgan fingerprint density at radius 3 is 0.958 bits per heavy atom. The molecule has 0 aliphatic heterocycles. The van der Waals surface area contributed by atoms with E-state index in [2.05, 4.69) is 161 Å². The van der Waals surface area contributed by atoms with Gasteiger partial charge in [-0.25, -0.2) is 9.13 Å². The molecule has 0 aliphatic rings. The van der Waals surface area contributed by atoms with Gasteiger partial charge in [-0.1, -0.05) is 256 Å². The van der Waals surface area contributed by atoms with Crippen LogP contribution in [0.2, 0.25) is 0 Å². The molecule has 0 aromatic heterocycles. The maximum atomic E-state index is 12.9. The molecule has 18 heteroatoms. The summed E-state index contributed by atoms with van der Waals surface area (Å²) < 4.78 is 60.9. The van der Waals surface area contributed by atoms with Gasteiger partial charge in [0.1, 0.15) is 25.4 Å². The zero-order chi connectivity index (χ0) is 69.5. The second kappa shape index (κ2) is 69.1. The summed E-state index contributed by atoms with van der Waals surface area (Å²) in [6.07, 6.45) is 84.5. The quantitative estimate of drug-likeness (QED) is 0.0146. The van der Waals surface area contributed by atoms with Crippen LogP contribution in [0.25, 0.3) is 0 Å². The number of hydrogen-bond acceptors (Lipinski definition) is 14. The third kappa shape index (κ3) is 70.3. The Hall–Kier alpha value is -4.83. The summed E-state index contributed by atoms with van der Waals surface area (Å²) in [6.45, 7) is 2.30. The SMILES string of the molecule is CC/C=C\C/C=C\C/C=C\C/C=C\C/C=C\C/C=C\CCCCCCCCC(=O)OCC(O)COP(=O)(O)OCC(O)COP(=O)(O)OCC(COC(=O)CC/C=C\C/C=C\C/C=C\C/C=C\C/C=C\C/C=C\CC)OC(=O)CCCCCCC/C=C\CCCCCCCC. The summed E-state index contributed by atoms with van der Waals surface area (Å²) in [5.41, 5.74) is 0. The van der Waals surface area contributed by atoms with Gasteiger partial charge in [0.2, 0.25) is 0 Å². The summed E-state index contributed by atoms with van der Waals surface area (Å²) in [4.78, 5) is 58.4. The highest BCUT2D eigenvalue weighted by molar-refractivity contribution is 7.47. The minimum atomic E-state index is -4.95. The van der Waals surface area contributed by atoms with Gasteiger partial charge >= 0.3 is 33.6 Å². The highest BCUT2D eigenvalue weighted by atomic mass is 31.2. The lowest BCUT2D eigenvalue weighted by Gasteiger charge is -2.21. The Bertz CT molecular complexity index is 2360. The first kappa shape index (κ1) is 90.2. The zero-order valence-corrected chi connectivity index (χ0v) is 60.3. The lowest BCUT2D eigenvalue weighted by molar-refractivity contribution is -0.161. The molecule has 4 N–H and O–H groups in total. The molecule has 0 rings (SSSR count). The predicted molar refractivity (Wildman–Crippen MR) is 389 cm³/mol. The molecule has 0 radical (unpaired) electrons. The van der Waals surface area contributed by atoms with Crippen LogP contribution in [0, 0.1) is 0 Å². The maximum Gasteiger partial charge on any atom is 0.472 e. The van der Waals surface area contributed by atoms with E-state index in [-0.39, 0.29) is 19.3 Å². The second-order valence-corrected chi connectivity index (χ2v) is 26.2. The number of ether oxygens (including phenoxy) is 3. The lowest BCUT2D eigenvalue weighted by Crippen LogP contribution is -2.30. The minimum absolute atomic E-state index is 0.0388. The first-order chi connectivity index (χ1) is 46.2. The van der Waals surface area contributed by atoms with Gasteiger partial charge in [0.15, 0.2) is 6.10 Å². The number of hydrogen-bond donors (Lipinski definition) is 4. The van der Waals surface area contributed by atoms with Crippen LogP contribution < -0.4 is 0 Å². The van der Waals surface area contributed by atoms with Crippen LogP contribution in [0.4, 0.5) is 0 Å². The molecule has 0 amide bonds. The number of esters is 3. The molecule has 5 unspecified atom stereocenters. The maximum absolute atomic E-state index is 12.9. The third-order valence-electron chi connectivity index (χ3n) is 14.2. The Kier molecular flexibility index (Phi) is 65.6. The van der Waals surface area contributed by atoms with Crippen LogP contribution >= 0.6 is 15.6 Å². The number of carbonyl (C=O) groups excluding carboxylic acids is 3. The molecule has 0 heterocycles. The molecular formula is C77H126O16P2. The van der Waals surface area contributed by atoms with Crippen molar-refractivity contribution in [3.8, 4) is 0 Å². The molecule has 16 nitrogen and oxygen atoms in total. The van der Waals surface area contributed by atoms with Crippen molar-refractivity contribution >= 4 is 33.6 Å². The molecule has 95 heavy (non-hydrogen) atoms. The third-order valence-corrected chi connectivity index (χ3v) is 16.1. The average molecular weight is 1370 g/mol. The standard InChI is InChI=1S/C77H126O16P2/c1-4-7-10-13-16-19-22-25-28-30-32-33-34-35-36-37-39-41-43-45-48-51-54-57-60-63-75(80)87-66-72(78)67-89-94(83,84)90-68-73(79)69-91-95(85,86)92-71-74(93-77(82)65-62-59-56-53-50-47-42-27-24-21-18-15-12-9-6-3)70-88-76(81)64-61-58-55-52-49-46-44-40-38-31-29-26-23-20-17-14-11-8-5-2/h7-8,10-11,16-17,19-20,25-29,32-33,35-36,38-42,46,49,55,58,72-74,78-79H,4-6,9,12-15,18,21-24,30-31,34,37,43-45,47-48,50-54,56-57,59-71H2,1-3H3,(H,83,84)(H,85,86)/b10-7-,11-8-,19-16-,20-17-,28-25-,29-26-,33-32-,36-35-,40-38-,41-39-,42-27-,49-46-,58-55-. The number of phosphoric acid groups is 2. The molecule has 0 aromatic carbocycles. The van der Waals surface area contributed by atoms with Crippen LogP contribution in [0.1, 0.15) is 252 Å². The summed E-state index contributed by atoms with van der Waals surface area (Å²) in [6, 6.07) is 0. The molecular weight excluding hydrogens is 1240 g/mol. The number of aliphatic hydroxyl groups excluding tert-OH is 2. The number of carbonyl (C=O) groups is 3. The highest BCUT2D eigenvalue weighted by Crippen LogP contribution is 2.45. The number of aliphatic hydroxyl groups is 2. The van der Waals surface area contributed by atoms with E-state index in [9.17, 15) is 43.5 Å². The highest BCUT2D eigenvalue weighted by Gasteiger charge is 2.29. The number of phosphoric ester groups is 2. The molecule has 0 bridgehead atoms. The van der Waals surface area contributed by atoms with E-state index in [1.165, 1.54) is 38.5 Å². The van der Waals surface area contributed by atoms with Crippen LogP contribution in [0.3, 0.4) is 0 Å². The van der Waals surface area contributed by atoms with E-state index >= 15 is 0 Å². The Morgan fingerprint density at radius 2 is 0.579 bits per heavy atom. The van der Waals surface area contributed by atoms with Crippen LogP contribution in [-0.4, -0.2) is 95.9 Å². The smallest absolute Gasteiger partial charge is 0.463 e.